The van der Waals surface area contributed by atoms with Crippen LogP contribution in [-0.4, -0.2) is 33.9 Å². The fourth-order valence-corrected chi connectivity index (χ4v) is 9.14. The van der Waals surface area contributed by atoms with Crippen LogP contribution in [0.4, 0.5) is 0 Å². The zero-order valence-electron chi connectivity index (χ0n) is 21.8. The van der Waals surface area contributed by atoms with Gasteiger partial charge in [-0.2, -0.15) is 0 Å². The van der Waals surface area contributed by atoms with E-state index in [4.69, 9.17) is 4.98 Å². The predicted octanol–water partition coefficient (Wildman–Crippen LogP) is 5.70. The number of H-pyrrole nitrogens is 1. The standard InChI is InChI=1S/C32H36N4O2/c37-31(36-29-24-11-18-9-19(13-24)14-25(29)12-18)21-5-3-20(4-6-21)30-33-26-8-7-23(16-28(26)34-30)32(38)35-27-15-17-1-2-22(27)10-17/h3-8,16-19,22,24-25,27,29H,1-2,9-15H2,(H,33,34)(H,35,38)(H,36,37). The van der Waals surface area contributed by atoms with Gasteiger partial charge in [0.05, 0.1) is 11.0 Å². The summed E-state index contributed by atoms with van der Waals surface area (Å²) in [5.74, 6) is 5.42. The molecule has 0 spiro atoms. The first kappa shape index (κ1) is 22.8. The van der Waals surface area contributed by atoms with Gasteiger partial charge in [-0.3, -0.25) is 9.59 Å². The van der Waals surface area contributed by atoms with Crippen LogP contribution in [0.25, 0.3) is 22.4 Å². The molecule has 1 aromatic heterocycles. The lowest BCUT2D eigenvalue weighted by Gasteiger charge is -2.54. The molecular formula is C32H36N4O2. The van der Waals surface area contributed by atoms with E-state index in [1.807, 2.05) is 42.5 Å². The van der Waals surface area contributed by atoms with E-state index in [9.17, 15) is 9.59 Å². The summed E-state index contributed by atoms with van der Waals surface area (Å²) < 4.78 is 0. The number of benzene rings is 2. The van der Waals surface area contributed by atoms with Crippen LogP contribution in [-0.2, 0) is 0 Å². The maximum Gasteiger partial charge on any atom is 0.251 e. The van der Waals surface area contributed by atoms with E-state index in [0.717, 1.165) is 46.6 Å². The number of amides is 2. The van der Waals surface area contributed by atoms with E-state index in [2.05, 4.69) is 15.6 Å². The molecule has 2 amide bonds. The van der Waals surface area contributed by atoms with E-state index in [-0.39, 0.29) is 11.8 Å². The molecule has 6 fully saturated rings. The number of imidazole rings is 1. The fourth-order valence-electron chi connectivity index (χ4n) is 9.14. The van der Waals surface area contributed by atoms with Crippen molar-refractivity contribution in [2.75, 3.05) is 0 Å². The lowest BCUT2D eigenvalue weighted by Crippen LogP contribution is -2.55. The molecule has 3 aromatic rings. The molecule has 9 rings (SSSR count). The highest BCUT2D eigenvalue weighted by Gasteiger charge is 2.48. The van der Waals surface area contributed by atoms with Crippen molar-refractivity contribution in [3.63, 3.8) is 0 Å². The number of fused-ring (bicyclic) bond motifs is 3. The monoisotopic (exact) mass is 508 g/mol. The molecule has 6 aliphatic rings. The second kappa shape index (κ2) is 8.69. The highest BCUT2D eigenvalue weighted by molar-refractivity contribution is 5.98. The number of rotatable bonds is 5. The molecular weight excluding hydrogens is 472 g/mol. The quantitative estimate of drug-likeness (QED) is 0.413. The number of aromatic nitrogens is 2. The van der Waals surface area contributed by atoms with Gasteiger partial charge >= 0.3 is 0 Å². The van der Waals surface area contributed by atoms with Crippen LogP contribution >= 0.6 is 0 Å². The summed E-state index contributed by atoms with van der Waals surface area (Å²) in [5.41, 5.74) is 4.00. The average Bonchev–Trinajstić information content (AvgIpc) is 3.66. The normalized spacial score (nSPS) is 34.6. The van der Waals surface area contributed by atoms with Crippen molar-refractivity contribution in [1.82, 2.24) is 20.6 Å². The summed E-state index contributed by atoms with van der Waals surface area (Å²) in [6.07, 6.45) is 11.6. The van der Waals surface area contributed by atoms with E-state index < -0.39 is 0 Å². The highest BCUT2D eigenvalue weighted by atomic mass is 16.2. The van der Waals surface area contributed by atoms with Gasteiger partial charge in [0, 0.05) is 28.8 Å². The van der Waals surface area contributed by atoms with E-state index in [1.54, 1.807) is 0 Å². The minimum absolute atomic E-state index is 0.00935. The Bertz CT molecular complexity index is 1380. The van der Waals surface area contributed by atoms with E-state index in [1.165, 1.54) is 51.4 Å². The molecule has 6 heteroatoms. The zero-order chi connectivity index (χ0) is 25.4. The first-order valence-electron chi connectivity index (χ1n) is 14.8. The number of aromatic amines is 1. The number of carbonyl (C=O) groups is 2. The van der Waals surface area contributed by atoms with Crippen LogP contribution in [0.15, 0.2) is 42.5 Å². The molecule has 0 radical (unpaired) electrons. The van der Waals surface area contributed by atoms with Crippen molar-refractivity contribution in [3.8, 4) is 11.4 Å². The van der Waals surface area contributed by atoms with Gasteiger partial charge in [-0.05, 0) is 117 Å². The number of nitrogens with zero attached hydrogens (tertiary/aromatic N) is 1. The van der Waals surface area contributed by atoms with Crippen LogP contribution in [0.5, 0.6) is 0 Å². The Morgan fingerprint density at radius 3 is 2.08 bits per heavy atom. The minimum Gasteiger partial charge on any atom is -0.349 e. The molecule has 2 aromatic carbocycles. The van der Waals surface area contributed by atoms with Gasteiger partial charge in [0.1, 0.15) is 5.82 Å². The molecule has 6 saturated carbocycles. The Kier molecular flexibility index (Phi) is 5.21. The van der Waals surface area contributed by atoms with Crippen LogP contribution in [0.1, 0.15) is 78.5 Å². The second-order valence-corrected chi connectivity index (χ2v) is 13.1. The van der Waals surface area contributed by atoms with Crippen molar-refractivity contribution >= 4 is 22.8 Å². The molecule has 6 aliphatic carbocycles. The van der Waals surface area contributed by atoms with Gasteiger partial charge in [0.15, 0.2) is 0 Å². The van der Waals surface area contributed by atoms with Gasteiger partial charge in [0.25, 0.3) is 11.8 Å². The van der Waals surface area contributed by atoms with Gasteiger partial charge in [0.2, 0.25) is 0 Å². The third-order valence-electron chi connectivity index (χ3n) is 10.7. The maximum absolute atomic E-state index is 13.1. The summed E-state index contributed by atoms with van der Waals surface area (Å²) in [5, 5.41) is 6.69. The fraction of sp³-hybridized carbons (Fsp3) is 0.531. The molecule has 1 heterocycles. The Labute approximate surface area is 223 Å². The molecule has 38 heavy (non-hydrogen) atoms. The summed E-state index contributed by atoms with van der Waals surface area (Å²) in [7, 11) is 0. The Hall–Kier alpha value is -3.15. The van der Waals surface area contributed by atoms with Gasteiger partial charge in [-0.1, -0.05) is 18.6 Å². The molecule has 0 aliphatic heterocycles. The Morgan fingerprint density at radius 1 is 0.711 bits per heavy atom. The summed E-state index contributed by atoms with van der Waals surface area (Å²) in [6, 6.07) is 14.1. The molecule has 6 bridgehead atoms. The molecule has 6 nitrogen and oxygen atoms in total. The number of nitrogens with one attached hydrogen (secondary N) is 3. The van der Waals surface area contributed by atoms with Crippen LogP contribution in [0.2, 0.25) is 0 Å². The summed E-state index contributed by atoms with van der Waals surface area (Å²) in [6.45, 7) is 0. The van der Waals surface area contributed by atoms with Crippen molar-refractivity contribution in [1.29, 1.82) is 0 Å². The largest absolute Gasteiger partial charge is 0.349 e. The molecule has 0 saturated heterocycles. The highest BCUT2D eigenvalue weighted by Crippen LogP contribution is 2.53. The summed E-state index contributed by atoms with van der Waals surface area (Å²) in [4.78, 5) is 34.2. The van der Waals surface area contributed by atoms with Crippen molar-refractivity contribution < 1.29 is 9.59 Å². The van der Waals surface area contributed by atoms with E-state index in [0.29, 0.717) is 41.0 Å². The van der Waals surface area contributed by atoms with Crippen molar-refractivity contribution in [3.05, 3.63) is 53.6 Å². The molecule has 3 N–H and O–H groups in total. The third kappa shape index (κ3) is 3.87. The number of hydrogen-bond acceptors (Lipinski definition) is 3. The minimum atomic E-state index is 0.00935. The van der Waals surface area contributed by atoms with Gasteiger partial charge in [-0.25, -0.2) is 4.98 Å². The van der Waals surface area contributed by atoms with Crippen LogP contribution < -0.4 is 10.6 Å². The topological polar surface area (TPSA) is 86.9 Å². The lowest BCUT2D eigenvalue weighted by molar-refractivity contribution is -0.0119. The van der Waals surface area contributed by atoms with Gasteiger partial charge in [-0.15, -0.1) is 0 Å². The maximum atomic E-state index is 13.1. The first-order chi connectivity index (χ1) is 18.6. The molecule has 3 atom stereocenters. The smallest absolute Gasteiger partial charge is 0.251 e. The average molecular weight is 509 g/mol. The summed E-state index contributed by atoms with van der Waals surface area (Å²) >= 11 is 0. The van der Waals surface area contributed by atoms with Crippen LogP contribution in [0.3, 0.4) is 0 Å². The number of carbonyl (C=O) groups excluding carboxylic acids is 2. The van der Waals surface area contributed by atoms with Crippen LogP contribution in [0, 0.1) is 35.5 Å². The van der Waals surface area contributed by atoms with Crippen molar-refractivity contribution in [2.24, 2.45) is 35.5 Å². The predicted molar refractivity (Wildman–Crippen MR) is 147 cm³/mol. The lowest BCUT2D eigenvalue weighted by atomic mass is 9.54. The first-order valence-corrected chi connectivity index (χ1v) is 14.8. The Balaban J connectivity index is 0.953. The molecule has 3 unspecified atom stereocenters. The van der Waals surface area contributed by atoms with E-state index >= 15 is 0 Å². The second-order valence-electron chi connectivity index (χ2n) is 13.1. The zero-order valence-corrected chi connectivity index (χ0v) is 21.8. The third-order valence-corrected chi connectivity index (χ3v) is 10.7. The SMILES string of the molecule is O=C(NC1CC2CCC1C2)c1ccc2nc(-c3ccc(C(=O)NC4C5CC6CC(C5)CC4C6)cc3)[nH]c2c1. The van der Waals surface area contributed by atoms with Crippen molar-refractivity contribution in [2.45, 2.75) is 69.9 Å². The number of hydrogen-bond donors (Lipinski definition) is 3. The molecule has 196 valence electrons. The van der Waals surface area contributed by atoms with Gasteiger partial charge < -0.3 is 15.6 Å². The Morgan fingerprint density at radius 2 is 1.39 bits per heavy atom.